The first-order chi connectivity index (χ1) is 17.2. The van der Waals surface area contributed by atoms with Crippen LogP contribution in [-0.4, -0.2) is 48.9 Å². The molecule has 1 saturated heterocycles. The summed E-state index contributed by atoms with van der Waals surface area (Å²) in [6.07, 6.45) is -4.65. The monoisotopic (exact) mass is 478 g/mol. The highest BCUT2D eigenvalue weighted by Gasteiger charge is 2.51. The molecule has 184 valence electrons. The van der Waals surface area contributed by atoms with Crippen molar-refractivity contribution in [3.8, 4) is 0 Å². The Labute approximate surface area is 205 Å². The van der Waals surface area contributed by atoms with Crippen LogP contribution in [0, 0.1) is 0 Å². The fourth-order valence-electron chi connectivity index (χ4n) is 4.05. The zero-order valence-electron chi connectivity index (χ0n) is 19.6. The number of carbonyl (C=O) groups is 1. The molecule has 0 amide bonds. The fraction of sp³-hybridized carbons (Fsp3) is 0.321. The van der Waals surface area contributed by atoms with Crippen molar-refractivity contribution in [1.82, 2.24) is 0 Å². The summed E-state index contributed by atoms with van der Waals surface area (Å²) in [4.78, 5) is 12.2. The Morgan fingerprint density at radius 1 is 0.686 bits per heavy atom. The molecule has 1 heterocycles. The lowest BCUT2D eigenvalue weighted by Gasteiger charge is -2.44. The first kappa shape index (κ1) is 25.0. The van der Waals surface area contributed by atoms with E-state index < -0.39 is 36.7 Å². The van der Waals surface area contributed by atoms with E-state index in [1.165, 1.54) is 7.11 Å². The van der Waals surface area contributed by atoms with Gasteiger partial charge in [-0.25, -0.2) is 4.79 Å². The van der Waals surface area contributed by atoms with Crippen LogP contribution in [0.25, 0.3) is 0 Å². The SMILES string of the molecule is CO[C@H]1O[C@@H](C(=O)O)[C@H](OCc2ccccc2)[C@@H](OCc2ccccc2)[C@@H]1OCc1ccccc1. The van der Waals surface area contributed by atoms with E-state index in [2.05, 4.69) is 0 Å². The van der Waals surface area contributed by atoms with E-state index in [1.807, 2.05) is 91.0 Å². The minimum atomic E-state index is -1.29. The predicted molar refractivity (Wildman–Crippen MR) is 128 cm³/mol. The summed E-state index contributed by atoms with van der Waals surface area (Å²) in [7, 11) is 1.46. The Hall–Kier alpha value is -3.07. The molecular formula is C28H30O7. The quantitative estimate of drug-likeness (QED) is 0.442. The maximum absolute atomic E-state index is 12.2. The Balaban J connectivity index is 1.60. The summed E-state index contributed by atoms with van der Waals surface area (Å²) in [5.41, 5.74) is 2.82. The van der Waals surface area contributed by atoms with Crippen molar-refractivity contribution in [2.75, 3.05) is 7.11 Å². The maximum Gasteiger partial charge on any atom is 0.335 e. The number of carboxylic acid groups (broad SMARTS) is 1. The van der Waals surface area contributed by atoms with Crippen molar-refractivity contribution < 1.29 is 33.6 Å². The Kier molecular flexibility index (Phi) is 9.00. The van der Waals surface area contributed by atoms with Crippen molar-refractivity contribution in [1.29, 1.82) is 0 Å². The second-order valence-electron chi connectivity index (χ2n) is 8.28. The second-order valence-corrected chi connectivity index (χ2v) is 8.28. The van der Waals surface area contributed by atoms with Gasteiger partial charge in [0.15, 0.2) is 12.4 Å². The number of benzene rings is 3. The number of aliphatic carboxylic acids is 1. The van der Waals surface area contributed by atoms with Crippen LogP contribution in [0.1, 0.15) is 16.7 Å². The van der Waals surface area contributed by atoms with Gasteiger partial charge < -0.3 is 28.8 Å². The average Bonchev–Trinajstić information content (AvgIpc) is 2.91. The lowest BCUT2D eigenvalue weighted by molar-refractivity contribution is -0.314. The molecule has 1 fully saturated rings. The van der Waals surface area contributed by atoms with Gasteiger partial charge in [0.05, 0.1) is 19.8 Å². The van der Waals surface area contributed by atoms with E-state index in [0.717, 1.165) is 16.7 Å². The summed E-state index contributed by atoms with van der Waals surface area (Å²) in [6.45, 7) is 0.737. The van der Waals surface area contributed by atoms with Gasteiger partial charge in [-0.05, 0) is 16.7 Å². The minimum Gasteiger partial charge on any atom is -0.479 e. The van der Waals surface area contributed by atoms with Gasteiger partial charge in [-0.3, -0.25) is 0 Å². The lowest BCUT2D eigenvalue weighted by atomic mass is 9.97. The molecule has 3 aromatic carbocycles. The van der Waals surface area contributed by atoms with Crippen LogP contribution >= 0.6 is 0 Å². The van der Waals surface area contributed by atoms with Gasteiger partial charge in [-0.1, -0.05) is 91.0 Å². The third-order valence-corrected chi connectivity index (χ3v) is 5.83. The van der Waals surface area contributed by atoms with E-state index in [4.69, 9.17) is 23.7 Å². The molecule has 7 heteroatoms. The van der Waals surface area contributed by atoms with Crippen molar-refractivity contribution in [3.05, 3.63) is 108 Å². The molecule has 7 nitrogen and oxygen atoms in total. The largest absolute Gasteiger partial charge is 0.479 e. The number of rotatable bonds is 11. The van der Waals surface area contributed by atoms with Crippen LogP contribution < -0.4 is 0 Å². The number of hydrogen-bond acceptors (Lipinski definition) is 6. The van der Waals surface area contributed by atoms with Crippen LogP contribution in [-0.2, 0) is 48.3 Å². The van der Waals surface area contributed by atoms with Gasteiger partial charge in [0.25, 0.3) is 0 Å². The van der Waals surface area contributed by atoms with E-state index in [1.54, 1.807) is 0 Å². The van der Waals surface area contributed by atoms with Crippen molar-refractivity contribution >= 4 is 5.97 Å². The number of carboxylic acids is 1. The van der Waals surface area contributed by atoms with E-state index >= 15 is 0 Å². The van der Waals surface area contributed by atoms with Crippen LogP contribution in [0.3, 0.4) is 0 Å². The molecule has 1 aliphatic heterocycles. The molecule has 0 aliphatic carbocycles. The first-order valence-corrected chi connectivity index (χ1v) is 11.5. The summed E-state index contributed by atoms with van der Waals surface area (Å²) >= 11 is 0. The maximum atomic E-state index is 12.2. The zero-order valence-corrected chi connectivity index (χ0v) is 19.6. The summed E-state index contributed by atoms with van der Waals surface area (Å²) < 4.78 is 30.0. The molecule has 1 aliphatic rings. The lowest BCUT2D eigenvalue weighted by Crippen LogP contribution is -2.62. The van der Waals surface area contributed by atoms with E-state index in [0.29, 0.717) is 0 Å². The standard InChI is InChI=1S/C28H30O7/c1-31-28-26(34-19-22-15-9-4-10-16-22)24(33-18-21-13-7-3-8-14-21)23(25(35-28)27(29)30)32-17-20-11-5-2-6-12-20/h2-16,23-26,28H,17-19H2,1H3,(H,29,30)/t23-,24-,25-,26+,28+/m1/s1. The fourth-order valence-corrected chi connectivity index (χ4v) is 4.05. The number of ether oxygens (including phenoxy) is 5. The minimum absolute atomic E-state index is 0.201. The van der Waals surface area contributed by atoms with Gasteiger partial charge in [0.1, 0.15) is 18.3 Å². The topological polar surface area (TPSA) is 83.5 Å². The molecule has 1 N–H and O–H groups in total. The normalized spacial score (nSPS) is 24.2. The van der Waals surface area contributed by atoms with Gasteiger partial charge in [-0.15, -0.1) is 0 Å². The molecule has 3 aromatic rings. The summed E-state index contributed by atoms with van der Waals surface area (Å²) in [6, 6.07) is 28.9. The van der Waals surface area contributed by atoms with Crippen molar-refractivity contribution in [3.63, 3.8) is 0 Å². The highest BCUT2D eigenvalue weighted by molar-refractivity contribution is 5.73. The zero-order chi connectivity index (χ0) is 24.5. The first-order valence-electron chi connectivity index (χ1n) is 11.5. The average molecular weight is 479 g/mol. The molecule has 0 saturated carbocycles. The molecule has 0 unspecified atom stereocenters. The van der Waals surface area contributed by atoms with E-state index in [-0.39, 0.29) is 19.8 Å². The molecule has 0 bridgehead atoms. The smallest absolute Gasteiger partial charge is 0.335 e. The molecule has 4 rings (SSSR count). The predicted octanol–water partition coefficient (Wildman–Crippen LogP) is 4.20. The molecular weight excluding hydrogens is 448 g/mol. The number of hydrogen-bond donors (Lipinski definition) is 1. The van der Waals surface area contributed by atoms with Crippen molar-refractivity contribution in [2.24, 2.45) is 0 Å². The Morgan fingerprint density at radius 2 is 1.09 bits per heavy atom. The third-order valence-electron chi connectivity index (χ3n) is 5.83. The summed E-state index contributed by atoms with van der Waals surface area (Å²) in [5.74, 6) is -1.15. The van der Waals surface area contributed by atoms with Crippen molar-refractivity contribution in [2.45, 2.75) is 50.5 Å². The Morgan fingerprint density at radius 3 is 1.49 bits per heavy atom. The van der Waals surface area contributed by atoms with Gasteiger partial charge >= 0.3 is 5.97 Å². The molecule has 35 heavy (non-hydrogen) atoms. The van der Waals surface area contributed by atoms with Crippen LogP contribution in [0.4, 0.5) is 0 Å². The molecule has 5 atom stereocenters. The van der Waals surface area contributed by atoms with Gasteiger partial charge in [-0.2, -0.15) is 0 Å². The highest BCUT2D eigenvalue weighted by Crippen LogP contribution is 2.31. The van der Waals surface area contributed by atoms with Gasteiger partial charge in [0.2, 0.25) is 0 Å². The summed E-state index contributed by atoms with van der Waals surface area (Å²) in [5, 5.41) is 9.96. The van der Waals surface area contributed by atoms with Crippen LogP contribution in [0.5, 0.6) is 0 Å². The molecule has 0 spiro atoms. The van der Waals surface area contributed by atoms with E-state index in [9.17, 15) is 9.90 Å². The van der Waals surface area contributed by atoms with Crippen LogP contribution in [0.2, 0.25) is 0 Å². The van der Waals surface area contributed by atoms with Gasteiger partial charge in [0, 0.05) is 7.11 Å². The Bertz CT molecular complexity index is 1030. The third kappa shape index (κ3) is 6.75. The highest BCUT2D eigenvalue weighted by atomic mass is 16.7. The van der Waals surface area contributed by atoms with Crippen LogP contribution in [0.15, 0.2) is 91.0 Å². The number of methoxy groups -OCH3 is 1. The molecule has 0 radical (unpaired) electrons. The second kappa shape index (κ2) is 12.6. The molecule has 0 aromatic heterocycles.